The first-order chi connectivity index (χ1) is 15.5. The van der Waals surface area contributed by atoms with Gasteiger partial charge in [-0.15, -0.1) is 0 Å². The van der Waals surface area contributed by atoms with Gasteiger partial charge in [-0.05, 0) is 47.4 Å². The maximum absolute atomic E-state index is 12.1. The molecule has 3 aromatic rings. The van der Waals surface area contributed by atoms with Crippen LogP contribution in [0.5, 0.6) is 11.5 Å². The molecule has 0 fully saturated rings. The minimum atomic E-state index is -3.00. The van der Waals surface area contributed by atoms with E-state index in [0.29, 0.717) is 30.7 Å². The van der Waals surface area contributed by atoms with Gasteiger partial charge in [-0.2, -0.15) is 0 Å². The molecule has 0 heterocycles. The van der Waals surface area contributed by atoms with E-state index in [-0.39, 0.29) is 6.61 Å². The van der Waals surface area contributed by atoms with Gasteiger partial charge >= 0.3 is 7.60 Å². The van der Waals surface area contributed by atoms with Crippen molar-refractivity contribution >= 4 is 13.3 Å². The van der Waals surface area contributed by atoms with Crippen LogP contribution in [0.15, 0.2) is 78.9 Å². The summed E-state index contributed by atoms with van der Waals surface area (Å²) in [6, 6.07) is 24.9. The summed E-state index contributed by atoms with van der Waals surface area (Å²) in [5.41, 5.74) is 3.35. The van der Waals surface area contributed by atoms with E-state index in [2.05, 4.69) is 0 Å². The molecule has 0 aliphatic heterocycles. The predicted molar refractivity (Wildman–Crippen MR) is 126 cm³/mol. The van der Waals surface area contributed by atoms with Crippen molar-refractivity contribution in [2.45, 2.75) is 13.0 Å². The molecular weight excluding hydrogens is 425 g/mol. The summed E-state index contributed by atoms with van der Waals surface area (Å²) in [5.74, 6) is 1.47. The smallest absolute Gasteiger partial charge is 0.330 e. The SMILES string of the molecule is COP(=O)(CCc1ccc(OCc2ccc(OCC(=N)c3ccccc3)cc2)cc1)OC. The molecule has 32 heavy (non-hydrogen) atoms. The van der Waals surface area contributed by atoms with E-state index in [1.807, 2.05) is 78.9 Å². The first kappa shape index (κ1) is 23.7. The Morgan fingerprint density at radius 2 is 1.34 bits per heavy atom. The molecule has 0 unspecified atom stereocenters. The van der Waals surface area contributed by atoms with Crippen LogP contribution in [0.2, 0.25) is 0 Å². The lowest BCUT2D eigenvalue weighted by molar-refractivity contribution is 0.276. The highest BCUT2D eigenvalue weighted by Crippen LogP contribution is 2.46. The highest BCUT2D eigenvalue weighted by Gasteiger charge is 2.20. The van der Waals surface area contributed by atoms with Crippen LogP contribution < -0.4 is 9.47 Å². The van der Waals surface area contributed by atoms with E-state index in [1.54, 1.807) is 0 Å². The molecule has 0 amide bonds. The normalized spacial score (nSPS) is 11.2. The molecule has 3 rings (SSSR count). The van der Waals surface area contributed by atoms with Crippen molar-refractivity contribution in [1.82, 2.24) is 0 Å². The topological polar surface area (TPSA) is 77.8 Å². The molecule has 0 spiro atoms. The second-order valence-electron chi connectivity index (χ2n) is 7.16. The van der Waals surface area contributed by atoms with Crippen molar-refractivity contribution in [2.75, 3.05) is 27.0 Å². The number of ether oxygens (including phenoxy) is 2. The fourth-order valence-corrected chi connectivity index (χ4v) is 4.05. The summed E-state index contributed by atoms with van der Waals surface area (Å²) in [5, 5.41) is 8.10. The Morgan fingerprint density at radius 3 is 1.94 bits per heavy atom. The Hall–Kier alpha value is -2.92. The van der Waals surface area contributed by atoms with Crippen molar-refractivity contribution in [2.24, 2.45) is 0 Å². The van der Waals surface area contributed by atoms with Crippen molar-refractivity contribution in [3.63, 3.8) is 0 Å². The Labute approximate surface area is 189 Å². The molecule has 1 N–H and O–H groups in total. The lowest BCUT2D eigenvalue weighted by Gasteiger charge is -2.13. The highest BCUT2D eigenvalue weighted by atomic mass is 31.2. The molecule has 3 aromatic carbocycles. The molecule has 0 saturated carbocycles. The van der Waals surface area contributed by atoms with Gasteiger partial charge in [-0.1, -0.05) is 54.6 Å². The van der Waals surface area contributed by atoms with Crippen LogP contribution in [0, 0.1) is 5.41 Å². The van der Waals surface area contributed by atoms with Crippen molar-refractivity contribution in [3.05, 3.63) is 95.6 Å². The van der Waals surface area contributed by atoms with Crippen molar-refractivity contribution in [1.29, 1.82) is 5.41 Å². The number of hydrogen-bond acceptors (Lipinski definition) is 6. The summed E-state index contributed by atoms with van der Waals surface area (Å²) >= 11 is 0. The predicted octanol–water partition coefficient (Wildman–Crippen LogP) is 5.74. The third-order valence-electron chi connectivity index (χ3n) is 4.99. The molecule has 0 aromatic heterocycles. The Morgan fingerprint density at radius 1 is 0.781 bits per heavy atom. The van der Waals surface area contributed by atoms with Crippen LogP contribution >= 0.6 is 7.60 Å². The van der Waals surface area contributed by atoms with Crippen LogP contribution in [0.4, 0.5) is 0 Å². The molecule has 0 bridgehead atoms. The summed E-state index contributed by atoms with van der Waals surface area (Å²) in [4.78, 5) is 0. The maximum Gasteiger partial charge on any atom is 0.330 e. The first-order valence-electron chi connectivity index (χ1n) is 10.3. The lowest BCUT2D eigenvalue weighted by atomic mass is 10.1. The van der Waals surface area contributed by atoms with E-state index < -0.39 is 7.60 Å². The lowest BCUT2D eigenvalue weighted by Crippen LogP contribution is -2.11. The summed E-state index contributed by atoms with van der Waals surface area (Å²) in [6.45, 7) is 0.651. The molecule has 0 aliphatic rings. The second kappa shape index (κ2) is 11.6. The Balaban J connectivity index is 1.44. The quantitative estimate of drug-likeness (QED) is 0.279. The largest absolute Gasteiger partial charge is 0.489 e. The number of benzene rings is 3. The average Bonchev–Trinajstić information content (AvgIpc) is 2.86. The fourth-order valence-electron chi connectivity index (χ4n) is 3.00. The fraction of sp³-hybridized carbons (Fsp3) is 0.240. The Bertz CT molecular complexity index is 1030. The second-order valence-corrected chi connectivity index (χ2v) is 9.56. The third-order valence-corrected chi connectivity index (χ3v) is 6.87. The summed E-state index contributed by atoms with van der Waals surface area (Å²) < 4.78 is 33.6. The van der Waals surface area contributed by atoms with Gasteiger partial charge in [0, 0.05) is 14.2 Å². The molecule has 0 aliphatic carbocycles. The zero-order chi connectivity index (χ0) is 22.8. The van der Waals surface area contributed by atoms with Gasteiger partial charge in [-0.3, -0.25) is 4.57 Å². The van der Waals surface area contributed by atoms with E-state index in [0.717, 1.165) is 22.4 Å². The third kappa shape index (κ3) is 7.06. The summed E-state index contributed by atoms with van der Waals surface area (Å²) in [7, 11) is -0.198. The molecular formula is C25H28NO5P. The molecule has 6 nitrogen and oxygen atoms in total. The number of rotatable bonds is 12. The summed E-state index contributed by atoms with van der Waals surface area (Å²) in [6.07, 6.45) is 0.932. The van der Waals surface area contributed by atoms with E-state index in [1.165, 1.54) is 14.2 Å². The monoisotopic (exact) mass is 453 g/mol. The zero-order valence-corrected chi connectivity index (χ0v) is 19.2. The van der Waals surface area contributed by atoms with E-state index >= 15 is 0 Å². The van der Waals surface area contributed by atoms with Gasteiger partial charge in [-0.25, -0.2) is 0 Å². The highest BCUT2D eigenvalue weighted by molar-refractivity contribution is 7.53. The van der Waals surface area contributed by atoms with Gasteiger partial charge in [0.05, 0.1) is 11.9 Å². The molecule has 0 atom stereocenters. The number of hydrogen-bond donors (Lipinski definition) is 1. The maximum atomic E-state index is 12.1. The van der Waals surface area contributed by atoms with Gasteiger partial charge in [0.15, 0.2) is 0 Å². The van der Waals surface area contributed by atoms with Crippen LogP contribution in [-0.4, -0.2) is 32.7 Å². The van der Waals surface area contributed by atoms with Gasteiger partial charge in [0.1, 0.15) is 24.7 Å². The van der Waals surface area contributed by atoms with Crippen molar-refractivity contribution in [3.8, 4) is 11.5 Å². The van der Waals surface area contributed by atoms with Crippen molar-refractivity contribution < 1.29 is 23.1 Å². The Kier molecular flexibility index (Phi) is 8.63. The van der Waals surface area contributed by atoms with E-state index in [9.17, 15) is 4.57 Å². The molecule has 7 heteroatoms. The average molecular weight is 453 g/mol. The van der Waals surface area contributed by atoms with Crippen LogP contribution in [-0.2, 0) is 26.6 Å². The standard InChI is InChI=1S/C25H28NO5P/c1-28-32(27,29-2)17-16-20-8-12-23(13-9-20)30-18-21-10-14-24(15-11-21)31-19-25(26)22-6-4-3-5-7-22/h3-15,26H,16-19H2,1-2H3. The van der Waals surface area contributed by atoms with Gasteiger partial charge in [0.25, 0.3) is 0 Å². The van der Waals surface area contributed by atoms with Gasteiger partial charge in [0.2, 0.25) is 0 Å². The molecule has 0 saturated heterocycles. The molecule has 0 radical (unpaired) electrons. The minimum absolute atomic E-state index is 0.219. The number of aryl methyl sites for hydroxylation is 1. The van der Waals surface area contributed by atoms with Gasteiger partial charge < -0.3 is 23.9 Å². The zero-order valence-electron chi connectivity index (χ0n) is 18.3. The number of nitrogens with one attached hydrogen (secondary N) is 1. The molecule has 168 valence electrons. The first-order valence-corrected chi connectivity index (χ1v) is 12.0. The van der Waals surface area contributed by atoms with E-state index in [4.69, 9.17) is 23.9 Å². The van der Waals surface area contributed by atoms with Crippen LogP contribution in [0.3, 0.4) is 0 Å². The minimum Gasteiger partial charge on any atom is -0.489 e. The van der Waals surface area contributed by atoms with Crippen LogP contribution in [0.1, 0.15) is 16.7 Å². The van der Waals surface area contributed by atoms with Crippen LogP contribution in [0.25, 0.3) is 0 Å².